The van der Waals surface area contributed by atoms with Gasteiger partial charge in [-0.2, -0.15) is 0 Å². The molecule has 0 bridgehead atoms. The van der Waals surface area contributed by atoms with Gasteiger partial charge in [-0.1, -0.05) is 0 Å². The molecule has 0 atom stereocenters. The van der Waals surface area contributed by atoms with E-state index in [-0.39, 0.29) is 5.56 Å². The number of piperidine rings is 1. The van der Waals surface area contributed by atoms with Gasteiger partial charge in [-0.15, -0.1) is 0 Å². The third-order valence-corrected chi connectivity index (χ3v) is 4.46. The molecule has 0 saturated carbocycles. The molecule has 1 fully saturated rings. The van der Waals surface area contributed by atoms with Gasteiger partial charge in [0.05, 0.1) is 4.47 Å². The van der Waals surface area contributed by atoms with Crippen LogP contribution >= 0.6 is 15.9 Å². The van der Waals surface area contributed by atoms with E-state index in [1.807, 2.05) is 0 Å². The van der Waals surface area contributed by atoms with Crippen LogP contribution in [-0.2, 0) is 6.54 Å². The van der Waals surface area contributed by atoms with Crippen molar-refractivity contribution in [3.63, 3.8) is 0 Å². The molecule has 0 N–H and O–H groups in total. The molecule has 0 aromatic heterocycles. The third kappa shape index (κ3) is 3.99. The predicted molar refractivity (Wildman–Crippen MR) is 80.6 cm³/mol. The minimum Gasteiger partial charge on any atom is -0.309 e. The normalized spacial score (nSPS) is 17.9. The van der Waals surface area contributed by atoms with Gasteiger partial charge in [0.15, 0.2) is 0 Å². The highest BCUT2D eigenvalue weighted by Gasteiger charge is 2.22. The molecule has 2 nitrogen and oxygen atoms in total. The van der Waals surface area contributed by atoms with Gasteiger partial charge in [-0.3, -0.25) is 4.90 Å². The van der Waals surface area contributed by atoms with E-state index in [4.69, 9.17) is 0 Å². The van der Waals surface area contributed by atoms with E-state index in [9.17, 15) is 8.78 Å². The first-order valence-corrected chi connectivity index (χ1v) is 7.76. The van der Waals surface area contributed by atoms with E-state index in [1.165, 1.54) is 12.1 Å². The van der Waals surface area contributed by atoms with Crippen molar-refractivity contribution in [2.75, 3.05) is 33.7 Å². The van der Waals surface area contributed by atoms with Gasteiger partial charge in [-0.25, -0.2) is 8.78 Å². The maximum atomic E-state index is 13.9. The number of benzene rings is 1. The second kappa shape index (κ2) is 6.96. The second-order valence-electron chi connectivity index (χ2n) is 5.80. The fraction of sp³-hybridized carbons (Fsp3) is 0.600. The van der Waals surface area contributed by atoms with E-state index in [1.54, 1.807) is 0 Å². The quantitative estimate of drug-likeness (QED) is 0.770. The van der Waals surface area contributed by atoms with Crippen LogP contribution in [0.2, 0.25) is 0 Å². The summed E-state index contributed by atoms with van der Waals surface area (Å²) in [7, 11) is 4.16. The average Bonchev–Trinajstić information content (AvgIpc) is 2.40. The Morgan fingerprint density at radius 3 is 2.50 bits per heavy atom. The van der Waals surface area contributed by atoms with Crippen molar-refractivity contribution >= 4 is 15.9 Å². The summed E-state index contributed by atoms with van der Waals surface area (Å²) in [4.78, 5) is 4.34. The van der Waals surface area contributed by atoms with E-state index in [2.05, 4.69) is 39.8 Å². The lowest BCUT2D eigenvalue weighted by molar-refractivity contribution is 0.154. The Morgan fingerprint density at radius 1 is 1.25 bits per heavy atom. The van der Waals surface area contributed by atoms with Crippen molar-refractivity contribution in [1.82, 2.24) is 9.80 Å². The minimum atomic E-state index is -0.472. The molecule has 1 saturated heterocycles. The SMILES string of the molecule is CN(C)CC1CCN(Cc2c(F)ccc(Br)c2F)CC1. The highest BCUT2D eigenvalue weighted by atomic mass is 79.9. The Balaban J connectivity index is 1.95. The lowest BCUT2D eigenvalue weighted by atomic mass is 9.96. The molecule has 1 aromatic rings. The molecule has 0 radical (unpaired) electrons. The molecule has 5 heteroatoms. The van der Waals surface area contributed by atoms with E-state index in [0.29, 0.717) is 16.9 Å². The maximum Gasteiger partial charge on any atom is 0.144 e. The summed E-state index contributed by atoms with van der Waals surface area (Å²) in [6, 6.07) is 2.73. The van der Waals surface area contributed by atoms with Gasteiger partial charge < -0.3 is 4.90 Å². The summed E-state index contributed by atoms with van der Waals surface area (Å²) in [6.07, 6.45) is 2.19. The molecule has 1 aliphatic rings. The summed E-state index contributed by atoms with van der Waals surface area (Å²) in [5.41, 5.74) is 0.172. The summed E-state index contributed by atoms with van der Waals surface area (Å²) in [6.45, 7) is 3.26. The van der Waals surface area contributed by atoms with Crippen LogP contribution in [0.5, 0.6) is 0 Å². The molecule has 0 unspecified atom stereocenters. The lowest BCUT2D eigenvalue weighted by Gasteiger charge is -2.33. The topological polar surface area (TPSA) is 6.48 Å². The molecule has 0 amide bonds. The van der Waals surface area contributed by atoms with Crippen molar-refractivity contribution in [3.8, 4) is 0 Å². The zero-order valence-electron chi connectivity index (χ0n) is 12.0. The molecule has 2 rings (SSSR count). The van der Waals surface area contributed by atoms with Gasteiger partial charge in [0.1, 0.15) is 11.6 Å². The Bertz CT molecular complexity index is 457. The first kappa shape index (κ1) is 15.9. The molecule has 20 heavy (non-hydrogen) atoms. The standard InChI is InChI=1S/C15H21BrF2N2/c1-19(2)9-11-5-7-20(8-6-11)10-12-14(17)4-3-13(16)15(12)18/h3-4,11H,5-10H2,1-2H3. The monoisotopic (exact) mass is 346 g/mol. The van der Waals surface area contributed by atoms with E-state index < -0.39 is 11.6 Å². The van der Waals surface area contributed by atoms with Crippen molar-refractivity contribution in [2.45, 2.75) is 19.4 Å². The Kier molecular flexibility index (Phi) is 5.52. The number of likely N-dealkylation sites (tertiary alicyclic amines) is 1. The Hall–Kier alpha value is -0.520. The molecule has 1 heterocycles. The van der Waals surface area contributed by atoms with E-state index >= 15 is 0 Å². The highest BCUT2D eigenvalue weighted by Crippen LogP contribution is 2.25. The largest absolute Gasteiger partial charge is 0.309 e. The summed E-state index contributed by atoms with van der Waals surface area (Å²) in [5.74, 6) is -0.236. The average molecular weight is 347 g/mol. The van der Waals surface area contributed by atoms with Crippen molar-refractivity contribution in [3.05, 3.63) is 33.8 Å². The van der Waals surface area contributed by atoms with E-state index in [0.717, 1.165) is 32.5 Å². The number of rotatable bonds is 4. The molecule has 0 spiro atoms. The van der Waals surface area contributed by atoms with Crippen LogP contribution in [0, 0.1) is 17.6 Å². The van der Waals surface area contributed by atoms with Gasteiger partial charge in [-0.05, 0) is 74.0 Å². The molecular formula is C15H21BrF2N2. The van der Waals surface area contributed by atoms with Crippen LogP contribution < -0.4 is 0 Å². The Labute approximate surface area is 127 Å². The summed E-state index contributed by atoms with van der Waals surface area (Å²) >= 11 is 3.12. The van der Waals surface area contributed by atoms with Crippen molar-refractivity contribution in [2.24, 2.45) is 5.92 Å². The summed E-state index contributed by atoms with van der Waals surface area (Å²) < 4.78 is 28.0. The van der Waals surface area contributed by atoms with Gasteiger partial charge in [0.2, 0.25) is 0 Å². The van der Waals surface area contributed by atoms with Crippen LogP contribution in [0.1, 0.15) is 18.4 Å². The van der Waals surface area contributed by atoms with Crippen LogP contribution in [0.3, 0.4) is 0 Å². The molecular weight excluding hydrogens is 326 g/mol. The van der Waals surface area contributed by atoms with Crippen LogP contribution in [-0.4, -0.2) is 43.5 Å². The lowest BCUT2D eigenvalue weighted by Crippen LogP contribution is -2.37. The number of nitrogens with zero attached hydrogens (tertiary/aromatic N) is 2. The first-order chi connectivity index (χ1) is 9.47. The van der Waals surface area contributed by atoms with Gasteiger partial charge in [0.25, 0.3) is 0 Å². The molecule has 1 aromatic carbocycles. The maximum absolute atomic E-state index is 13.9. The van der Waals surface area contributed by atoms with Gasteiger partial charge >= 0.3 is 0 Å². The second-order valence-corrected chi connectivity index (χ2v) is 6.66. The smallest absolute Gasteiger partial charge is 0.144 e. The highest BCUT2D eigenvalue weighted by molar-refractivity contribution is 9.10. The molecule has 112 valence electrons. The zero-order valence-corrected chi connectivity index (χ0v) is 13.6. The number of halogens is 3. The van der Waals surface area contributed by atoms with Crippen LogP contribution in [0.4, 0.5) is 8.78 Å². The fourth-order valence-electron chi connectivity index (χ4n) is 2.78. The zero-order chi connectivity index (χ0) is 14.7. The van der Waals surface area contributed by atoms with Gasteiger partial charge in [0, 0.05) is 18.7 Å². The van der Waals surface area contributed by atoms with Crippen LogP contribution in [0.25, 0.3) is 0 Å². The number of hydrogen-bond acceptors (Lipinski definition) is 2. The summed E-state index contributed by atoms with van der Waals surface area (Å²) in [5, 5.41) is 0. The van der Waals surface area contributed by atoms with Crippen LogP contribution in [0.15, 0.2) is 16.6 Å². The first-order valence-electron chi connectivity index (χ1n) is 6.97. The third-order valence-electron chi connectivity index (χ3n) is 3.85. The molecule has 1 aliphatic heterocycles. The molecule has 0 aliphatic carbocycles. The number of hydrogen-bond donors (Lipinski definition) is 0. The fourth-order valence-corrected chi connectivity index (χ4v) is 3.15. The van der Waals surface area contributed by atoms with Crippen molar-refractivity contribution < 1.29 is 8.78 Å². The predicted octanol–water partition coefficient (Wildman–Crippen LogP) is 3.50. The minimum absolute atomic E-state index is 0.172. The Morgan fingerprint density at radius 2 is 1.90 bits per heavy atom. The van der Waals surface area contributed by atoms with Crippen molar-refractivity contribution in [1.29, 1.82) is 0 Å².